The molecule has 6 amide bonds. The zero-order valence-corrected chi connectivity index (χ0v) is 71.4. The van der Waals surface area contributed by atoms with Crippen molar-refractivity contribution >= 4 is 149 Å². The molecule has 0 radical (unpaired) electrons. The molecule has 2 saturated carbocycles. The smallest absolute Gasteiger partial charge is 0.391 e. The number of aliphatic hydroxyl groups excluding tert-OH is 2. The van der Waals surface area contributed by atoms with E-state index in [0.717, 1.165) is 43.2 Å². The number of halogens is 17. The van der Waals surface area contributed by atoms with E-state index in [9.17, 15) is 96.1 Å². The number of carbonyl (C=O) groups excluding carboxylic acids is 6. The molecule has 0 aromatic carbocycles. The fourth-order valence-electron chi connectivity index (χ4n) is 15.6. The van der Waals surface area contributed by atoms with Crippen molar-refractivity contribution in [2.75, 3.05) is 98.1 Å². The SMILES string of the molecule is O=C(NCC(F)(F)F)[C@@H]1CN(C(=O)C2CC2)CCN1c1ccnc(-c2c[nH]c3ncc(Cl)cc23)n1.O=C(NCC(F)(F)F)[C@@H]1CN(C(=O)C2CCC2)CCN1c1ccnc(-c2c[nH]c3ncc(Cl)cc23)n1.O=C(NCC(F)(F)F)[C@H]1C[C@H](O)CN1c1ccnc(-c2c[nH]c3ncc(Cl)cc23)n1.O=C(NCC(F)(F)F)[C@H]1C[C@H](O)CN1c1nc(-c2c[nH]c3ncc(Cl)cc23)ncc1F. The largest absolute Gasteiger partial charge is 0.405 e. The van der Waals surface area contributed by atoms with E-state index in [4.69, 9.17) is 46.4 Å². The van der Waals surface area contributed by atoms with Crippen LogP contribution in [0.25, 0.3) is 89.7 Å². The van der Waals surface area contributed by atoms with Crippen molar-refractivity contribution in [3.05, 3.63) is 143 Å². The van der Waals surface area contributed by atoms with Crippen molar-refractivity contribution in [3.63, 3.8) is 0 Å². The number of anilines is 4. The van der Waals surface area contributed by atoms with Crippen LogP contribution in [0.5, 0.6) is 0 Å². The third kappa shape index (κ3) is 22.5. The zero-order valence-electron chi connectivity index (χ0n) is 68.3. The van der Waals surface area contributed by atoms with Crippen molar-refractivity contribution in [2.45, 2.75) is 106 Å². The predicted octanol–water partition coefficient (Wildman–Crippen LogP) is 10.7. The van der Waals surface area contributed by atoms with Crippen molar-refractivity contribution in [1.82, 2.24) is 111 Å². The molecule has 6 fully saturated rings. The molecule has 0 unspecified atom stereocenters. The Labute approximate surface area is 756 Å². The second-order valence-corrected chi connectivity index (χ2v) is 33.2. The van der Waals surface area contributed by atoms with E-state index in [2.05, 4.69) is 79.7 Å². The number of aromatic amines is 4. The van der Waals surface area contributed by atoms with E-state index in [1.165, 1.54) is 54.3 Å². The van der Waals surface area contributed by atoms with Gasteiger partial charge in [0.05, 0.1) is 51.6 Å². The number of aromatic nitrogens is 16. The third-order valence-electron chi connectivity index (χ3n) is 22.1. The first-order valence-electron chi connectivity index (χ1n) is 40.6. The van der Waals surface area contributed by atoms with Crippen LogP contribution in [-0.2, 0) is 28.8 Å². The number of fused-ring (bicyclic) bond motifs is 4. The number of β-amino-alcohol motifs (C(OH)–C–C–N with tert-alkyl or cyclic N) is 2. The molecule has 18 rings (SSSR count). The molecule has 132 heavy (non-hydrogen) atoms. The number of rotatable bonds is 18. The van der Waals surface area contributed by atoms with Crippen LogP contribution in [0.2, 0.25) is 20.1 Å². The average Bonchev–Trinajstić information content (AvgIpc) is 1.44. The van der Waals surface area contributed by atoms with E-state index < -0.39 is 117 Å². The van der Waals surface area contributed by atoms with Crippen LogP contribution >= 0.6 is 46.4 Å². The van der Waals surface area contributed by atoms with Crippen molar-refractivity contribution in [3.8, 4) is 45.6 Å². The van der Waals surface area contributed by atoms with Crippen LogP contribution < -0.4 is 40.9 Å². The highest BCUT2D eigenvalue weighted by molar-refractivity contribution is 6.32. The second kappa shape index (κ2) is 39.0. The molecule has 12 aromatic heterocycles. The lowest BCUT2D eigenvalue weighted by Gasteiger charge is -2.43. The molecule has 2 aliphatic carbocycles. The maximum Gasteiger partial charge on any atom is 0.405 e. The standard InChI is InChI=1S/C23H23ClF3N7O2.C22H21ClF3N7O2.C18H15ClF4N6O2.C18H16ClF3N6O2/c24-14-8-15-16(10-30-19(15)29-9-14)20-28-5-4-18(32-20)34-7-6-33(22(36)13-2-1-3-13)11-17(34)21(35)31-12-23(25,26)27;23-13-7-14-15(9-29-18(14)28-8-13)19-27-4-3-17(31-19)33-6-5-32(21(35)12-1-2-12)10-16(33)20(34)30-11-22(24,25)26;19-8-1-10-11(4-25-14(10)24-3-8)15-26-5-12(20)16(28-15)29-6-9(30)2-13(29)17(31)27-7-18(21,22)23;19-9-3-11-12(6-25-15(11)24-5-9)16-23-2-1-14(27-16)28-7-10(29)4-13(28)17(30)26-8-18(20,21)22/h4-5,8-10,13,17H,1-3,6-7,11-12H2,(H,29,30)(H,31,35);3-4,7-9,12,16H,1-2,5-6,10-11H2,(H,28,29)(H,30,34);1,3-5,9,13,30H,2,6-7H2,(H,24,25)(H,27,31);1-3,5-6,10,13,29H,4,7-8H2,(H,24,25)(H,26,30)/t17-;16-;9-,13+;10-,13+/m0000/s1. The molecule has 51 heteroatoms. The van der Waals surface area contributed by atoms with E-state index in [1.807, 2.05) is 16.0 Å². The summed E-state index contributed by atoms with van der Waals surface area (Å²) in [5.41, 5.74) is 4.63. The molecule has 16 heterocycles. The zero-order chi connectivity index (χ0) is 94.0. The highest BCUT2D eigenvalue weighted by atomic mass is 35.5. The maximum atomic E-state index is 14.6. The normalized spacial score (nSPS) is 19.0. The van der Waals surface area contributed by atoms with Gasteiger partial charge in [0, 0.05) is 176 Å². The van der Waals surface area contributed by atoms with Crippen molar-refractivity contribution < 1.29 is 96.1 Å². The molecule has 34 nitrogen and oxygen atoms in total. The highest BCUT2D eigenvalue weighted by Gasteiger charge is 2.46. The topological polar surface area (TPSA) is 428 Å². The Kier molecular flexibility index (Phi) is 27.7. The minimum absolute atomic E-state index is 0.00433. The van der Waals surface area contributed by atoms with Crippen LogP contribution in [0, 0.1) is 17.7 Å². The first kappa shape index (κ1) is 93.9. The molecular weight excluding hydrogens is 1850 g/mol. The quantitative estimate of drug-likeness (QED) is 0.0357. The molecule has 10 N–H and O–H groups in total. The number of alkyl halides is 12. The molecule has 4 aliphatic heterocycles. The predicted molar refractivity (Wildman–Crippen MR) is 454 cm³/mol. The fraction of sp³-hybridized carbons (Fsp3) is 0.383. The number of hydrogen-bond acceptors (Lipinski definition) is 24. The summed E-state index contributed by atoms with van der Waals surface area (Å²) < 4.78 is 166. The number of nitrogens with zero attached hydrogens (tertiary/aromatic N) is 18. The summed E-state index contributed by atoms with van der Waals surface area (Å²) in [5.74, 6) is -2.78. The first-order valence-corrected chi connectivity index (χ1v) is 42.2. The second-order valence-electron chi connectivity index (χ2n) is 31.4. The Balaban J connectivity index is 0.000000135. The van der Waals surface area contributed by atoms with E-state index in [1.54, 1.807) is 86.1 Å². The van der Waals surface area contributed by atoms with E-state index in [-0.39, 0.29) is 87.4 Å². The average molecular weight is 1930 g/mol. The van der Waals surface area contributed by atoms with Gasteiger partial charge < -0.3 is 80.8 Å². The number of piperazine rings is 2. The highest BCUT2D eigenvalue weighted by Crippen LogP contribution is 2.39. The molecule has 0 bridgehead atoms. The van der Waals surface area contributed by atoms with Crippen LogP contribution in [0.15, 0.2) is 117 Å². The van der Waals surface area contributed by atoms with Gasteiger partial charge in [-0.2, -0.15) is 52.7 Å². The van der Waals surface area contributed by atoms with Gasteiger partial charge in [0.25, 0.3) is 0 Å². The number of pyridine rings is 4. The van der Waals surface area contributed by atoms with Gasteiger partial charge in [-0.1, -0.05) is 52.8 Å². The Morgan fingerprint density at radius 2 is 0.697 bits per heavy atom. The Bertz CT molecular complexity index is 6280. The summed E-state index contributed by atoms with van der Waals surface area (Å²) in [4.78, 5) is 148. The first-order chi connectivity index (χ1) is 62.7. The number of carbonyl (C=O) groups is 6. The third-order valence-corrected chi connectivity index (χ3v) is 23.0. The Hall–Kier alpha value is -12.7. The van der Waals surface area contributed by atoms with Gasteiger partial charge in [-0.05, 0) is 68.1 Å². The summed E-state index contributed by atoms with van der Waals surface area (Å²) in [6.45, 7) is -4.90. The number of hydrogen-bond donors (Lipinski definition) is 10. The van der Waals surface area contributed by atoms with Gasteiger partial charge in [0.1, 0.15) is 90.4 Å². The van der Waals surface area contributed by atoms with Crippen molar-refractivity contribution in [1.29, 1.82) is 0 Å². The van der Waals surface area contributed by atoms with Gasteiger partial charge in [0.2, 0.25) is 35.4 Å². The van der Waals surface area contributed by atoms with Gasteiger partial charge in [-0.15, -0.1) is 0 Å². The minimum Gasteiger partial charge on any atom is -0.391 e. The van der Waals surface area contributed by atoms with Crippen LogP contribution in [-0.4, -0.2) is 275 Å². The van der Waals surface area contributed by atoms with Crippen LogP contribution in [0.1, 0.15) is 44.9 Å². The summed E-state index contributed by atoms with van der Waals surface area (Å²) in [6.07, 6.45) is 1.79. The monoisotopic (exact) mass is 1930 g/mol. The Morgan fingerprint density at radius 1 is 0.386 bits per heavy atom. The van der Waals surface area contributed by atoms with Crippen LogP contribution in [0.3, 0.4) is 0 Å². The minimum atomic E-state index is -4.60. The molecular formula is C81H75Cl4F13N26O8. The van der Waals surface area contributed by atoms with Crippen molar-refractivity contribution in [2.24, 2.45) is 11.8 Å². The number of amides is 6. The number of nitrogens with one attached hydrogen (secondary N) is 8. The summed E-state index contributed by atoms with van der Waals surface area (Å²) in [5, 5.41) is 31.9. The molecule has 6 aliphatic rings. The van der Waals surface area contributed by atoms with Gasteiger partial charge in [-0.3, -0.25) is 28.8 Å². The lowest BCUT2D eigenvalue weighted by molar-refractivity contribution is -0.143. The van der Waals surface area contributed by atoms with Gasteiger partial charge in [0.15, 0.2) is 34.9 Å². The van der Waals surface area contributed by atoms with E-state index >= 15 is 0 Å². The molecule has 4 saturated heterocycles. The number of H-pyrrole nitrogens is 4. The summed E-state index contributed by atoms with van der Waals surface area (Å²) in [7, 11) is 0. The lowest BCUT2D eigenvalue weighted by atomic mass is 9.84. The molecule has 6 atom stereocenters. The summed E-state index contributed by atoms with van der Waals surface area (Å²) >= 11 is 24.2. The summed E-state index contributed by atoms with van der Waals surface area (Å²) in [6, 6.07) is 7.22. The van der Waals surface area contributed by atoms with Gasteiger partial charge in [-0.25, -0.2) is 64.2 Å². The van der Waals surface area contributed by atoms with E-state index in [0.29, 0.717) is 134 Å². The van der Waals surface area contributed by atoms with Gasteiger partial charge >= 0.3 is 24.7 Å². The molecule has 12 aromatic rings. The van der Waals surface area contributed by atoms with Crippen LogP contribution in [0.4, 0.5) is 80.3 Å². The maximum absolute atomic E-state index is 14.6. The lowest BCUT2D eigenvalue weighted by Crippen LogP contribution is -2.62. The molecule has 696 valence electrons. The molecule has 0 spiro atoms. The Morgan fingerprint density at radius 3 is 1.02 bits per heavy atom. The number of aliphatic hydroxyl groups is 2. The fourth-order valence-corrected chi connectivity index (χ4v) is 16.2.